The van der Waals surface area contributed by atoms with E-state index in [2.05, 4.69) is 4.98 Å². The minimum absolute atomic E-state index is 0.0191. The number of fused-ring (bicyclic) bond motifs is 1. The third-order valence-electron chi connectivity index (χ3n) is 4.05. The molecular weight excluding hydrogens is 324 g/mol. The Kier molecular flexibility index (Phi) is 4.41. The predicted octanol–water partition coefficient (Wildman–Crippen LogP) is 2.53. The molecule has 1 amide bonds. The summed E-state index contributed by atoms with van der Waals surface area (Å²) >= 11 is 0. The average molecular weight is 344 g/mol. The molecule has 5 nitrogen and oxygen atoms in total. The van der Waals surface area contributed by atoms with Crippen LogP contribution >= 0.6 is 0 Å². The van der Waals surface area contributed by atoms with Crippen LogP contribution in [0.4, 0.5) is 5.82 Å². The van der Waals surface area contributed by atoms with E-state index in [9.17, 15) is 13.2 Å². The Bertz CT molecular complexity index is 874. The number of pyridine rings is 1. The minimum atomic E-state index is -3.08. The Hall–Kier alpha value is -2.21. The SMILES string of the molecule is Cc1ccc2c(n1)N(C(=O)c1ccc(CS(C)(=O)=O)cc1)CCC2. The summed E-state index contributed by atoms with van der Waals surface area (Å²) in [5.41, 5.74) is 3.20. The molecule has 2 heterocycles. The number of carbonyl (C=O) groups excluding carboxylic acids is 1. The summed E-state index contributed by atoms with van der Waals surface area (Å²) in [6, 6.07) is 10.8. The van der Waals surface area contributed by atoms with Crippen molar-refractivity contribution in [2.45, 2.75) is 25.5 Å². The first-order valence-corrected chi connectivity index (χ1v) is 9.94. The number of hydrogen-bond donors (Lipinski definition) is 0. The first kappa shape index (κ1) is 16.6. The summed E-state index contributed by atoms with van der Waals surface area (Å²) < 4.78 is 22.7. The number of anilines is 1. The molecule has 1 aliphatic rings. The van der Waals surface area contributed by atoms with Crippen LogP contribution < -0.4 is 4.90 Å². The molecule has 0 fully saturated rings. The highest BCUT2D eigenvalue weighted by Crippen LogP contribution is 2.26. The van der Waals surface area contributed by atoms with Crippen molar-refractivity contribution in [1.29, 1.82) is 0 Å². The second-order valence-electron chi connectivity index (χ2n) is 6.26. The zero-order chi connectivity index (χ0) is 17.3. The van der Waals surface area contributed by atoms with Gasteiger partial charge >= 0.3 is 0 Å². The quantitative estimate of drug-likeness (QED) is 0.858. The highest BCUT2D eigenvalue weighted by Gasteiger charge is 2.25. The minimum Gasteiger partial charge on any atom is -0.292 e. The van der Waals surface area contributed by atoms with Crippen LogP contribution in [-0.2, 0) is 22.0 Å². The van der Waals surface area contributed by atoms with Gasteiger partial charge in [-0.3, -0.25) is 9.69 Å². The van der Waals surface area contributed by atoms with Crippen LogP contribution in [0.1, 0.15) is 33.6 Å². The summed E-state index contributed by atoms with van der Waals surface area (Å²) in [5.74, 6) is 0.626. The van der Waals surface area contributed by atoms with Crippen molar-refractivity contribution in [3.8, 4) is 0 Å². The van der Waals surface area contributed by atoms with Gasteiger partial charge in [-0.1, -0.05) is 18.2 Å². The van der Waals surface area contributed by atoms with Crippen molar-refractivity contribution in [2.75, 3.05) is 17.7 Å². The normalized spacial score (nSPS) is 14.3. The van der Waals surface area contributed by atoms with Gasteiger partial charge in [-0.25, -0.2) is 13.4 Å². The Morgan fingerprint density at radius 3 is 2.54 bits per heavy atom. The molecule has 6 heteroatoms. The first-order valence-electron chi connectivity index (χ1n) is 7.88. The van der Waals surface area contributed by atoms with Gasteiger partial charge in [0.1, 0.15) is 5.82 Å². The molecule has 0 N–H and O–H groups in total. The van der Waals surface area contributed by atoms with E-state index in [1.54, 1.807) is 29.2 Å². The van der Waals surface area contributed by atoms with Crippen LogP contribution in [0.15, 0.2) is 36.4 Å². The zero-order valence-corrected chi connectivity index (χ0v) is 14.6. The Balaban J connectivity index is 1.87. The number of rotatable bonds is 3. The molecule has 0 spiro atoms. The summed E-state index contributed by atoms with van der Waals surface area (Å²) in [4.78, 5) is 19.1. The number of hydrogen-bond acceptors (Lipinski definition) is 4. The van der Waals surface area contributed by atoms with Crippen molar-refractivity contribution in [3.63, 3.8) is 0 Å². The lowest BCUT2D eigenvalue weighted by Crippen LogP contribution is -2.36. The highest BCUT2D eigenvalue weighted by atomic mass is 32.2. The van der Waals surface area contributed by atoms with E-state index in [-0.39, 0.29) is 11.7 Å². The van der Waals surface area contributed by atoms with E-state index in [1.807, 2.05) is 19.1 Å². The molecule has 1 aromatic heterocycles. The van der Waals surface area contributed by atoms with E-state index in [0.717, 1.165) is 29.9 Å². The largest absolute Gasteiger partial charge is 0.292 e. The Morgan fingerprint density at radius 2 is 1.88 bits per heavy atom. The van der Waals surface area contributed by atoms with Gasteiger partial charge in [0.15, 0.2) is 9.84 Å². The molecule has 126 valence electrons. The van der Waals surface area contributed by atoms with E-state index in [0.29, 0.717) is 17.7 Å². The topological polar surface area (TPSA) is 67.3 Å². The van der Waals surface area contributed by atoms with Crippen molar-refractivity contribution < 1.29 is 13.2 Å². The fourth-order valence-corrected chi connectivity index (χ4v) is 3.73. The van der Waals surface area contributed by atoms with Gasteiger partial charge < -0.3 is 0 Å². The highest BCUT2D eigenvalue weighted by molar-refractivity contribution is 7.89. The molecule has 0 unspecified atom stereocenters. The molecule has 1 aromatic carbocycles. The number of amides is 1. The van der Waals surface area contributed by atoms with E-state index in [1.165, 1.54) is 6.26 Å². The van der Waals surface area contributed by atoms with Gasteiger partial charge in [0.2, 0.25) is 0 Å². The summed E-state index contributed by atoms with van der Waals surface area (Å²) in [7, 11) is -3.08. The fraction of sp³-hybridized carbons (Fsp3) is 0.333. The molecule has 2 aromatic rings. The van der Waals surface area contributed by atoms with Gasteiger partial charge in [-0.15, -0.1) is 0 Å². The second-order valence-corrected chi connectivity index (χ2v) is 8.40. The number of benzene rings is 1. The van der Waals surface area contributed by atoms with Crippen molar-refractivity contribution in [2.24, 2.45) is 0 Å². The molecule has 0 bridgehead atoms. The molecule has 3 rings (SSSR count). The maximum atomic E-state index is 12.8. The average Bonchev–Trinajstić information content (AvgIpc) is 2.53. The number of aromatic nitrogens is 1. The lowest BCUT2D eigenvalue weighted by atomic mass is 10.0. The molecule has 0 aliphatic carbocycles. The van der Waals surface area contributed by atoms with Crippen molar-refractivity contribution in [3.05, 3.63) is 58.8 Å². The monoisotopic (exact) mass is 344 g/mol. The Labute approximate surface area is 142 Å². The lowest BCUT2D eigenvalue weighted by Gasteiger charge is -2.28. The van der Waals surface area contributed by atoms with Crippen LogP contribution in [-0.4, -0.2) is 32.1 Å². The lowest BCUT2D eigenvalue weighted by molar-refractivity contribution is 0.0984. The van der Waals surface area contributed by atoms with Crippen LogP contribution in [0.3, 0.4) is 0 Å². The van der Waals surface area contributed by atoms with E-state index < -0.39 is 9.84 Å². The van der Waals surface area contributed by atoms with E-state index >= 15 is 0 Å². The van der Waals surface area contributed by atoms with Crippen LogP contribution in [0, 0.1) is 6.92 Å². The number of aryl methyl sites for hydroxylation is 2. The van der Waals surface area contributed by atoms with Gasteiger partial charge in [0.05, 0.1) is 5.75 Å². The fourth-order valence-electron chi connectivity index (χ4n) is 2.93. The van der Waals surface area contributed by atoms with Crippen molar-refractivity contribution in [1.82, 2.24) is 4.98 Å². The smallest absolute Gasteiger partial charge is 0.259 e. The van der Waals surface area contributed by atoms with E-state index in [4.69, 9.17) is 0 Å². The molecule has 0 atom stereocenters. The second kappa shape index (κ2) is 6.36. The van der Waals surface area contributed by atoms with Crippen LogP contribution in [0.5, 0.6) is 0 Å². The third kappa shape index (κ3) is 3.64. The zero-order valence-electron chi connectivity index (χ0n) is 13.8. The molecule has 0 saturated carbocycles. The molecule has 1 aliphatic heterocycles. The predicted molar refractivity (Wildman–Crippen MR) is 94.0 cm³/mol. The third-order valence-corrected chi connectivity index (χ3v) is 4.91. The van der Waals surface area contributed by atoms with Gasteiger partial charge in [0, 0.05) is 24.1 Å². The number of carbonyl (C=O) groups is 1. The molecule has 24 heavy (non-hydrogen) atoms. The standard InChI is InChI=1S/C18H20N2O3S/c1-13-5-8-15-4-3-11-20(17(15)19-13)18(21)16-9-6-14(7-10-16)12-24(2,22)23/h5-10H,3-4,11-12H2,1-2H3. The maximum absolute atomic E-state index is 12.8. The van der Waals surface area contributed by atoms with Crippen LogP contribution in [0.2, 0.25) is 0 Å². The number of sulfone groups is 1. The summed E-state index contributed by atoms with van der Waals surface area (Å²) in [6.07, 6.45) is 3.04. The van der Waals surface area contributed by atoms with Crippen molar-refractivity contribution >= 4 is 21.6 Å². The molecule has 0 radical (unpaired) electrons. The summed E-state index contributed by atoms with van der Waals surface area (Å²) in [5, 5.41) is 0. The van der Waals surface area contributed by atoms with Crippen LogP contribution in [0.25, 0.3) is 0 Å². The molecular formula is C18H20N2O3S. The Morgan fingerprint density at radius 1 is 1.17 bits per heavy atom. The van der Waals surface area contributed by atoms with Gasteiger partial charge in [-0.2, -0.15) is 0 Å². The first-order chi connectivity index (χ1) is 11.3. The molecule has 0 saturated heterocycles. The maximum Gasteiger partial charge on any atom is 0.259 e. The van der Waals surface area contributed by atoms with Gasteiger partial charge in [-0.05, 0) is 49.1 Å². The van der Waals surface area contributed by atoms with Gasteiger partial charge in [0.25, 0.3) is 5.91 Å². The summed E-state index contributed by atoms with van der Waals surface area (Å²) in [6.45, 7) is 2.56. The number of nitrogens with zero attached hydrogens (tertiary/aromatic N) is 2.